The molecular weight excluding hydrogens is 262 g/mol. The van der Waals surface area contributed by atoms with Crippen LogP contribution in [0.5, 0.6) is 5.75 Å². The van der Waals surface area contributed by atoms with E-state index in [0.29, 0.717) is 0 Å². The Balaban J connectivity index is 1.96. The molecule has 1 heterocycles. The van der Waals surface area contributed by atoms with Crippen molar-refractivity contribution in [2.75, 3.05) is 18.6 Å². The van der Waals surface area contributed by atoms with Gasteiger partial charge in [-0.25, -0.2) is 0 Å². The number of carbonyl (C=O) groups excluding carboxylic acids is 1. The van der Waals surface area contributed by atoms with Gasteiger partial charge in [-0.05, 0) is 55.7 Å². The lowest BCUT2D eigenvalue weighted by molar-refractivity contribution is 0.0985. The maximum Gasteiger partial charge on any atom is 0.258 e. The number of nitrogens with zero attached hydrogens (tertiary/aromatic N) is 1. The molecule has 3 rings (SSSR count). The van der Waals surface area contributed by atoms with E-state index >= 15 is 0 Å². The van der Waals surface area contributed by atoms with E-state index in [2.05, 4.69) is 0 Å². The minimum atomic E-state index is 0.0739. The Bertz CT molecular complexity index is 679. The van der Waals surface area contributed by atoms with Crippen LogP contribution in [0.4, 0.5) is 5.69 Å². The monoisotopic (exact) mass is 281 g/mol. The van der Waals surface area contributed by atoms with Crippen LogP contribution in [-0.2, 0) is 6.42 Å². The van der Waals surface area contributed by atoms with Crippen molar-refractivity contribution in [1.29, 1.82) is 0 Å². The number of methoxy groups -OCH3 is 1. The fraction of sp³-hybridized carbons (Fsp3) is 0.278. The molecule has 1 aliphatic heterocycles. The van der Waals surface area contributed by atoms with Crippen molar-refractivity contribution in [3.63, 3.8) is 0 Å². The van der Waals surface area contributed by atoms with Crippen molar-refractivity contribution >= 4 is 11.6 Å². The highest BCUT2D eigenvalue weighted by Gasteiger charge is 2.23. The van der Waals surface area contributed by atoms with Gasteiger partial charge < -0.3 is 9.64 Å². The SMILES string of the molecule is COc1ccc2c(c1)CCCN2C(=O)c1cccc(C)c1. The first kappa shape index (κ1) is 13.7. The predicted molar refractivity (Wildman–Crippen MR) is 84.2 cm³/mol. The number of carbonyl (C=O) groups is 1. The Morgan fingerprint density at radius 1 is 1.19 bits per heavy atom. The van der Waals surface area contributed by atoms with Gasteiger partial charge in [0.15, 0.2) is 0 Å². The van der Waals surface area contributed by atoms with E-state index < -0.39 is 0 Å². The number of hydrogen-bond acceptors (Lipinski definition) is 2. The molecule has 0 unspecified atom stereocenters. The first-order valence-corrected chi connectivity index (χ1v) is 7.24. The zero-order chi connectivity index (χ0) is 14.8. The highest BCUT2D eigenvalue weighted by molar-refractivity contribution is 6.06. The topological polar surface area (TPSA) is 29.5 Å². The largest absolute Gasteiger partial charge is 0.497 e. The Kier molecular flexibility index (Phi) is 3.65. The second-order valence-electron chi connectivity index (χ2n) is 5.42. The van der Waals surface area contributed by atoms with Gasteiger partial charge in [-0.15, -0.1) is 0 Å². The van der Waals surface area contributed by atoms with Gasteiger partial charge in [-0.2, -0.15) is 0 Å². The smallest absolute Gasteiger partial charge is 0.258 e. The summed E-state index contributed by atoms with van der Waals surface area (Å²) in [6, 6.07) is 13.7. The zero-order valence-electron chi connectivity index (χ0n) is 12.4. The second-order valence-corrected chi connectivity index (χ2v) is 5.42. The highest BCUT2D eigenvalue weighted by Crippen LogP contribution is 2.31. The summed E-state index contributed by atoms with van der Waals surface area (Å²) in [5, 5.41) is 0. The molecule has 108 valence electrons. The quantitative estimate of drug-likeness (QED) is 0.841. The summed E-state index contributed by atoms with van der Waals surface area (Å²) in [7, 11) is 1.67. The number of fused-ring (bicyclic) bond motifs is 1. The molecule has 1 aliphatic rings. The molecule has 0 N–H and O–H groups in total. The molecule has 0 saturated heterocycles. The fourth-order valence-corrected chi connectivity index (χ4v) is 2.85. The maximum absolute atomic E-state index is 12.8. The van der Waals surface area contributed by atoms with Crippen LogP contribution < -0.4 is 9.64 Å². The summed E-state index contributed by atoms with van der Waals surface area (Å²) >= 11 is 0. The molecule has 0 aromatic heterocycles. The lowest BCUT2D eigenvalue weighted by atomic mass is 10.00. The van der Waals surface area contributed by atoms with Crippen molar-refractivity contribution in [2.24, 2.45) is 0 Å². The molecule has 0 saturated carbocycles. The predicted octanol–water partition coefficient (Wildman–Crippen LogP) is 3.60. The van der Waals surface area contributed by atoms with Gasteiger partial charge in [0.25, 0.3) is 5.91 Å². The second kappa shape index (κ2) is 5.60. The van der Waals surface area contributed by atoms with E-state index in [1.165, 1.54) is 5.56 Å². The van der Waals surface area contributed by atoms with Gasteiger partial charge in [0.1, 0.15) is 5.75 Å². The van der Waals surface area contributed by atoms with Crippen molar-refractivity contribution < 1.29 is 9.53 Å². The van der Waals surface area contributed by atoms with Crippen LogP contribution in [-0.4, -0.2) is 19.6 Å². The lowest BCUT2D eigenvalue weighted by Crippen LogP contribution is -2.35. The van der Waals surface area contributed by atoms with Crippen LogP contribution >= 0.6 is 0 Å². The molecule has 0 spiro atoms. The highest BCUT2D eigenvalue weighted by atomic mass is 16.5. The molecule has 1 amide bonds. The minimum absolute atomic E-state index is 0.0739. The molecule has 0 radical (unpaired) electrons. The van der Waals surface area contributed by atoms with E-state index in [1.807, 2.05) is 54.3 Å². The van der Waals surface area contributed by atoms with Crippen LogP contribution in [0, 0.1) is 6.92 Å². The Morgan fingerprint density at radius 2 is 2.05 bits per heavy atom. The van der Waals surface area contributed by atoms with Crippen LogP contribution in [0.1, 0.15) is 27.9 Å². The Morgan fingerprint density at radius 3 is 2.81 bits per heavy atom. The number of aryl methyl sites for hydroxylation is 2. The molecule has 2 aromatic carbocycles. The third kappa shape index (κ3) is 2.64. The van der Waals surface area contributed by atoms with Crippen molar-refractivity contribution in [2.45, 2.75) is 19.8 Å². The number of rotatable bonds is 2. The molecular formula is C18H19NO2. The number of ether oxygens (including phenoxy) is 1. The first-order chi connectivity index (χ1) is 10.2. The van der Waals surface area contributed by atoms with Gasteiger partial charge in [-0.1, -0.05) is 17.7 Å². The van der Waals surface area contributed by atoms with Crippen LogP contribution in [0.3, 0.4) is 0 Å². The van der Waals surface area contributed by atoms with E-state index in [0.717, 1.165) is 42.0 Å². The van der Waals surface area contributed by atoms with Crippen molar-refractivity contribution in [3.05, 3.63) is 59.2 Å². The number of benzene rings is 2. The molecule has 3 nitrogen and oxygen atoms in total. The van der Waals surface area contributed by atoms with E-state index in [1.54, 1.807) is 7.11 Å². The summed E-state index contributed by atoms with van der Waals surface area (Å²) in [6.45, 7) is 2.78. The zero-order valence-corrected chi connectivity index (χ0v) is 12.4. The maximum atomic E-state index is 12.8. The van der Waals surface area contributed by atoms with E-state index in [4.69, 9.17) is 4.74 Å². The van der Waals surface area contributed by atoms with Gasteiger partial charge in [0, 0.05) is 17.8 Å². The average Bonchev–Trinajstić information content (AvgIpc) is 2.53. The molecule has 21 heavy (non-hydrogen) atoms. The third-order valence-electron chi connectivity index (χ3n) is 3.92. The number of anilines is 1. The van der Waals surface area contributed by atoms with Crippen molar-refractivity contribution in [3.8, 4) is 5.75 Å². The molecule has 3 heteroatoms. The first-order valence-electron chi connectivity index (χ1n) is 7.24. The van der Waals surface area contributed by atoms with Crippen molar-refractivity contribution in [1.82, 2.24) is 0 Å². The summed E-state index contributed by atoms with van der Waals surface area (Å²) in [4.78, 5) is 14.6. The van der Waals surface area contributed by atoms with Gasteiger partial charge in [0.2, 0.25) is 0 Å². The standard InChI is InChI=1S/C18H19NO2/c1-13-5-3-6-15(11-13)18(20)19-10-4-7-14-12-16(21-2)8-9-17(14)19/h3,5-6,8-9,11-12H,4,7,10H2,1-2H3. The van der Waals surface area contributed by atoms with Crippen LogP contribution in [0.25, 0.3) is 0 Å². The Labute approximate surface area is 125 Å². The molecule has 2 aromatic rings. The summed E-state index contributed by atoms with van der Waals surface area (Å²) in [5.74, 6) is 0.920. The summed E-state index contributed by atoms with van der Waals surface area (Å²) < 4.78 is 5.27. The van der Waals surface area contributed by atoms with Gasteiger partial charge in [0.05, 0.1) is 7.11 Å². The molecule has 0 bridgehead atoms. The fourth-order valence-electron chi connectivity index (χ4n) is 2.85. The van der Waals surface area contributed by atoms with Crippen LogP contribution in [0.15, 0.2) is 42.5 Å². The van der Waals surface area contributed by atoms with Crippen LogP contribution in [0.2, 0.25) is 0 Å². The molecule has 0 atom stereocenters. The van der Waals surface area contributed by atoms with E-state index in [9.17, 15) is 4.79 Å². The minimum Gasteiger partial charge on any atom is -0.497 e. The normalized spacial score (nSPS) is 13.7. The summed E-state index contributed by atoms with van der Waals surface area (Å²) in [5.41, 5.74) is 4.04. The number of hydrogen-bond donors (Lipinski definition) is 0. The Hall–Kier alpha value is -2.29. The van der Waals surface area contributed by atoms with Gasteiger partial charge in [-0.3, -0.25) is 4.79 Å². The van der Waals surface area contributed by atoms with Gasteiger partial charge >= 0.3 is 0 Å². The number of amides is 1. The molecule has 0 aliphatic carbocycles. The lowest BCUT2D eigenvalue weighted by Gasteiger charge is -2.30. The average molecular weight is 281 g/mol. The third-order valence-corrected chi connectivity index (χ3v) is 3.92. The summed E-state index contributed by atoms with van der Waals surface area (Å²) in [6.07, 6.45) is 1.97. The molecule has 0 fully saturated rings. The van der Waals surface area contributed by atoms with E-state index in [-0.39, 0.29) is 5.91 Å².